The smallest absolute Gasteiger partial charge is 0.275 e. The lowest BCUT2D eigenvalue weighted by Gasteiger charge is -2.47. The van der Waals surface area contributed by atoms with Crippen molar-refractivity contribution < 1.29 is 23.5 Å². The van der Waals surface area contributed by atoms with E-state index in [2.05, 4.69) is 10.3 Å². The highest BCUT2D eigenvalue weighted by Gasteiger charge is 2.41. The van der Waals surface area contributed by atoms with Crippen molar-refractivity contribution in [3.8, 4) is 5.75 Å². The molecule has 0 atom stereocenters. The van der Waals surface area contributed by atoms with Gasteiger partial charge < -0.3 is 19.9 Å². The third kappa shape index (κ3) is 5.88. The molecule has 198 valence electrons. The van der Waals surface area contributed by atoms with Crippen molar-refractivity contribution in [1.29, 1.82) is 10.8 Å². The number of benzene rings is 1. The van der Waals surface area contributed by atoms with E-state index in [9.17, 15) is 28.3 Å². The summed E-state index contributed by atoms with van der Waals surface area (Å²) in [4.78, 5) is 43.4. The number of nitrogens with zero attached hydrogens (tertiary/aromatic N) is 2. The molecule has 3 rings (SSSR count). The van der Waals surface area contributed by atoms with Crippen LogP contribution in [0.2, 0.25) is 0 Å². The van der Waals surface area contributed by atoms with E-state index < -0.39 is 34.4 Å². The summed E-state index contributed by atoms with van der Waals surface area (Å²) in [5.41, 5.74) is -2.36. The molecule has 1 aromatic heterocycles. The molecule has 1 aliphatic rings. The summed E-state index contributed by atoms with van der Waals surface area (Å²) in [6, 6.07) is 2.95. The molecule has 0 bridgehead atoms. The van der Waals surface area contributed by atoms with E-state index in [1.54, 1.807) is 11.9 Å². The lowest BCUT2D eigenvalue weighted by Crippen LogP contribution is -2.63. The minimum Gasteiger partial charge on any atom is -0.503 e. The first-order valence-corrected chi connectivity index (χ1v) is 12.2. The third-order valence-electron chi connectivity index (χ3n) is 6.56. The molecule has 0 radical (unpaired) electrons. The van der Waals surface area contributed by atoms with Crippen molar-refractivity contribution in [2.24, 2.45) is 0 Å². The lowest BCUT2D eigenvalue weighted by molar-refractivity contribution is -0.131. The summed E-state index contributed by atoms with van der Waals surface area (Å²) in [5, 5.41) is 29.3. The van der Waals surface area contributed by atoms with E-state index in [0.29, 0.717) is 43.8 Å². The van der Waals surface area contributed by atoms with E-state index in [0.717, 1.165) is 12.3 Å². The van der Waals surface area contributed by atoms with E-state index in [1.165, 1.54) is 24.9 Å². The van der Waals surface area contributed by atoms with Crippen molar-refractivity contribution in [3.63, 3.8) is 0 Å². The molecular formula is C24H28F2N6O4S. The first kappa shape index (κ1) is 28.0. The lowest BCUT2D eigenvalue weighted by atomic mass is 9.94. The topological polar surface area (TPSA) is 153 Å². The number of aromatic hydroxyl groups is 1. The Hall–Kier alpha value is -3.58. The summed E-state index contributed by atoms with van der Waals surface area (Å²) in [6.45, 7) is 2.33. The van der Waals surface area contributed by atoms with Gasteiger partial charge in [-0.05, 0) is 18.7 Å². The Labute approximate surface area is 216 Å². The van der Waals surface area contributed by atoms with E-state index in [-0.39, 0.29) is 39.2 Å². The van der Waals surface area contributed by atoms with Crippen molar-refractivity contribution in [2.45, 2.75) is 31.8 Å². The standard InChI is InChI=1S/C24H28F2N6O4S/c1-13(33)32-8-6-24(29-2,7-9-32)31(3)23(36)19-21(35)20(34)16(12-30-19)22(28)37-18(27)10-14-4-5-15(25)11-17(14)26/h4-5,11-12,27-29,35H,6-10H2,1-3H3,(H,30,34). The minimum atomic E-state index is -0.973. The van der Waals surface area contributed by atoms with Crippen LogP contribution in [0.15, 0.2) is 29.2 Å². The summed E-state index contributed by atoms with van der Waals surface area (Å²) in [6.07, 6.45) is 1.76. The van der Waals surface area contributed by atoms with Gasteiger partial charge in [-0.15, -0.1) is 0 Å². The highest BCUT2D eigenvalue weighted by atomic mass is 32.2. The van der Waals surface area contributed by atoms with Crippen LogP contribution in [0.4, 0.5) is 8.78 Å². The Morgan fingerprint density at radius 3 is 2.49 bits per heavy atom. The van der Waals surface area contributed by atoms with E-state index in [4.69, 9.17) is 10.8 Å². The second-order valence-electron chi connectivity index (χ2n) is 8.67. The van der Waals surface area contributed by atoms with Crippen molar-refractivity contribution in [2.75, 3.05) is 27.2 Å². The van der Waals surface area contributed by atoms with Gasteiger partial charge in [-0.2, -0.15) is 0 Å². The van der Waals surface area contributed by atoms with Crippen LogP contribution in [-0.4, -0.2) is 74.6 Å². The predicted octanol–water partition coefficient (Wildman–Crippen LogP) is 2.27. The number of rotatable bonds is 6. The Kier molecular flexibility index (Phi) is 8.49. The zero-order valence-electron chi connectivity index (χ0n) is 20.6. The second-order valence-corrected chi connectivity index (χ2v) is 9.78. The van der Waals surface area contributed by atoms with Crippen LogP contribution in [0.25, 0.3) is 0 Å². The number of halogens is 2. The monoisotopic (exact) mass is 534 g/mol. The molecule has 1 aromatic carbocycles. The highest BCUT2D eigenvalue weighted by Crippen LogP contribution is 2.28. The van der Waals surface area contributed by atoms with Crippen LogP contribution in [0, 0.1) is 22.5 Å². The summed E-state index contributed by atoms with van der Waals surface area (Å²) in [5.74, 6) is -3.18. The van der Waals surface area contributed by atoms with Crippen LogP contribution in [0.5, 0.6) is 5.75 Å². The van der Waals surface area contributed by atoms with E-state index in [1.807, 2.05) is 0 Å². The number of nitrogens with one attached hydrogen (secondary N) is 4. The number of likely N-dealkylation sites (tertiary alicyclic amines) is 1. The third-order valence-corrected chi connectivity index (χ3v) is 7.37. The van der Waals surface area contributed by atoms with Gasteiger partial charge in [0.05, 0.1) is 16.3 Å². The minimum absolute atomic E-state index is 0.0556. The van der Waals surface area contributed by atoms with Gasteiger partial charge in [0.1, 0.15) is 16.7 Å². The molecule has 0 spiro atoms. The molecule has 0 aliphatic carbocycles. The number of carbonyl (C=O) groups excluding carboxylic acids is 2. The van der Waals surface area contributed by atoms with Crippen LogP contribution in [0.3, 0.4) is 0 Å². The van der Waals surface area contributed by atoms with Gasteiger partial charge in [-0.1, -0.05) is 17.8 Å². The van der Waals surface area contributed by atoms with Gasteiger partial charge in [-0.3, -0.25) is 30.5 Å². The first-order valence-electron chi connectivity index (χ1n) is 11.4. The van der Waals surface area contributed by atoms with Crippen molar-refractivity contribution in [1.82, 2.24) is 20.1 Å². The molecule has 1 aliphatic heterocycles. The van der Waals surface area contributed by atoms with Crippen molar-refractivity contribution >= 4 is 33.7 Å². The van der Waals surface area contributed by atoms with Gasteiger partial charge in [0.15, 0.2) is 11.4 Å². The fraction of sp³-hybridized carbons (Fsp3) is 0.375. The number of hydrogen-bond donors (Lipinski definition) is 5. The number of aromatic amines is 1. The fourth-order valence-corrected chi connectivity index (χ4v) is 4.95. The summed E-state index contributed by atoms with van der Waals surface area (Å²) < 4.78 is 27.0. The zero-order chi connectivity index (χ0) is 27.5. The number of H-pyrrole nitrogens is 1. The molecule has 1 saturated heterocycles. The number of pyridine rings is 1. The molecule has 1 fully saturated rings. The molecule has 2 heterocycles. The molecule has 2 aromatic rings. The Morgan fingerprint density at radius 2 is 1.92 bits per heavy atom. The SMILES string of the molecule is CNC1(N(C)C(=O)c2[nH]cc(C(=N)SC(=N)Cc3ccc(F)cc3F)c(=O)c2O)CCN(C(C)=O)CC1. The number of amides is 2. The van der Waals surface area contributed by atoms with Crippen LogP contribution in [-0.2, 0) is 11.2 Å². The molecule has 0 unspecified atom stereocenters. The predicted molar refractivity (Wildman–Crippen MR) is 136 cm³/mol. The number of thioether (sulfide) groups is 1. The zero-order valence-corrected chi connectivity index (χ0v) is 21.4. The van der Waals surface area contributed by atoms with Crippen molar-refractivity contribution in [3.05, 3.63) is 63.1 Å². The average Bonchev–Trinajstić information content (AvgIpc) is 2.86. The largest absolute Gasteiger partial charge is 0.503 e. The Morgan fingerprint density at radius 1 is 1.27 bits per heavy atom. The molecule has 13 heteroatoms. The first-order chi connectivity index (χ1) is 17.4. The molecule has 5 N–H and O–H groups in total. The molecule has 0 saturated carbocycles. The number of aromatic nitrogens is 1. The Bertz CT molecular complexity index is 1310. The molecule has 2 amide bonds. The quantitative estimate of drug-likeness (QED) is 0.218. The van der Waals surface area contributed by atoms with Gasteiger partial charge in [0.2, 0.25) is 11.3 Å². The van der Waals surface area contributed by atoms with Gasteiger partial charge >= 0.3 is 0 Å². The number of piperidine rings is 1. The Balaban J connectivity index is 1.75. The molecule has 37 heavy (non-hydrogen) atoms. The maximum Gasteiger partial charge on any atom is 0.275 e. The van der Waals surface area contributed by atoms with Crippen LogP contribution >= 0.6 is 11.8 Å². The second kappa shape index (κ2) is 11.2. The number of hydrogen-bond acceptors (Lipinski definition) is 8. The normalized spacial score (nSPS) is 14.8. The van der Waals surface area contributed by atoms with Crippen LogP contribution < -0.4 is 10.7 Å². The van der Waals surface area contributed by atoms with Gasteiger partial charge in [-0.25, -0.2) is 8.78 Å². The molecule has 10 nitrogen and oxygen atoms in total. The van der Waals surface area contributed by atoms with Gasteiger partial charge in [0, 0.05) is 58.6 Å². The van der Waals surface area contributed by atoms with Crippen LogP contribution in [0.1, 0.15) is 41.4 Å². The highest BCUT2D eigenvalue weighted by molar-refractivity contribution is 8.26. The average molecular weight is 535 g/mol. The molecular weight excluding hydrogens is 506 g/mol. The maximum atomic E-state index is 13.9. The number of carbonyl (C=O) groups is 2. The summed E-state index contributed by atoms with van der Waals surface area (Å²) >= 11 is 0.570. The van der Waals surface area contributed by atoms with E-state index >= 15 is 0 Å². The summed E-state index contributed by atoms with van der Waals surface area (Å²) in [7, 11) is 3.21. The maximum absolute atomic E-state index is 13.9. The van der Waals surface area contributed by atoms with Gasteiger partial charge in [0.25, 0.3) is 5.91 Å². The fourth-order valence-electron chi connectivity index (χ4n) is 4.21.